The summed E-state index contributed by atoms with van der Waals surface area (Å²) in [6.45, 7) is 4.55. The lowest BCUT2D eigenvalue weighted by Crippen LogP contribution is -2.10. The molecular weight excluding hydrogens is 295 g/mol. The predicted molar refractivity (Wildman–Crippen MR) is 83.9 cm³/mol. The third-order valence-corrected chi connectivity index (χ3v) is 3.42. The van der Waals surface area contributed by atoms with Gasteiger partial charge in [-0.1, -0.05) is 29.3 Å². The summed E-state index contributed by atoms with van der Waals surface area (Å²) in [5, 5.41) is 4.56. The molecule has 2 rings (SSSR count). The van der Waals surface area contributed by atoms with Crippen molar-refractivity contribution in [3.63, 3.8) is 0 Å². The molecule has 1 N–H and O–H groups in total. The van der Waals surface area contributed by atoms with Gasteiger partial charge < -0.3 is 10.1 Å². The topological polar surface area (TPSA) is 34.1 Å². The molecule has 1 aromatic carbocycles. The van der Waals surface area contributed by atoms with Crippen molar-refractivity contribution in [2.24, 2.45) is 0 Å². The van der Waals surface area contributed by atoms with E-state index in [1.807, 2.05) is 38.1 Å². The van der Waals surface area contributed by atoms with Crippen molar-refractivity contribution in [3.05, 3.63) is 52.1 Å². The van der Waals surface area contributed by atoms with Gasteiger partial charge in [-0.05, 0) is 43.7 Å². The number of nitrogens with zero attached hydrogens (tertiary/aromatic N) is 1. The van der Waals surface area contributed by atoms with Gasteiger partial charge in [-0.3, -0.25) is 0 Å². The summed E-state index contributed by atoms with van der Waals surface area (Å²) < 4.78 is 5.54. The monoisotopic (exact) mass is 310 g/mol. The van der Waals surface area contributed by atoms with E-state index in [-0.39, 0.29) is 6.04 Å². The zero-order valence-electron chi connectivity index (χ0n) is 11.4. The minimum atomic E-state index is -0.00567. The van der Waals surface area contributed by atoms with E-state index in [1.165, 1.54) is 0 Å². The maximum absolute atomic E-state index is 6.22. The van der Waals surface area contributed by atoms with Gasteiger partial charge in [0.15, 0.2) is 11.6 Å². The number of rotatable bonds is 5. The molecule has 20 heavy (non-hydrogen) atoms. The Kier molecular flexibility index (Phi) is 5.10. The zero-order chi connectivity index (χ0) is 14.5. The minimum absolute atomic E-state index is 0.00567. The summed E-state index contributed by atoms with van der Waals surface area (Å²) in [6.07, 6.45) is 1.72. The largest absolute Gasteiger partial charge is 0.490 e. The molecule has 0 saturated carbocycles. The molecule has 1 atom stereocenters. The molecule has 0 aliphatic heterocycles. The molecule has 1 aromatic heterocycles. The Morgan fingerprint density at radius 3 is 2.80 bits per heavy atom. The molecule has 1 unspecified atom stereocenters. The first-order valence-corrected chi connectivity index (χ1v) is 7.16. The van der Waals surface area contributed by atoms with Crippen molar-refractivity contribution >= 4 is 29.0 Å². The normalized spacial score (nSPS) is 12.0. The average molecular weight is 311 g/mol. The molecule has 1 heterocycles. The lowest BCUT2D eigenvalue weighted by molar-refractivity contribution is 0.340. The van der Waals surface area contributed by atoms with Gasteiger partial charge in [-0.2, -0.15) is 0 Å². The smallest absolute Gasteiger partial charge is 0.169 e. The number of nitrogens with one attached hydrogen (secondary N) is 1. The van der Waals surface area contributed by atoms with Crippen molar-refractivity contribution in [1.29, 1.82) is 0 Å². The highest BCUT2D eigenvalue weighted by molar-refractivity contribution is 6.35. The third-order valence-electron chi connectivity index (χ3n) is 2.85. The van der Waals surface area contributed by atoms with E-state index in [4.69, 9.17) is 27.9 Å². The van der Waals surface area contributed by atoms with Crippen LogP contribution in [0.3, 0.4) is 0 Å². The summed E-state index contributed by atoms with van der Waals surface area (Å²) >= 11 is 12.1. The number of pyridine rings is 1. The molecule has 106 valence electrons. The third kappa shape index (κ3) is 3.56. The van der Waals surface area contributed by atoms with Crippen molar-refractivity contribution in [2.45, 2.75) is 19.9 Å². The molecular formula is C15H16Cl2N2O. The van der Waals surface area contributed by atoms with Crippen molar-refractivity contribution in [1.82, 2.24) is 4.98 Å². The second-order valence-corrected chi connectivity index (χ2v) is 5.16. The Balaban J connectivity index is 2.21. The van der Waals surface area contributed by atoms with E-state index in [0.29, 0.717) is 22.5 Å². The molecule has 0 fully saturated rings. The van der Waals surface area contributed by atoms with E-state index >= 15 is 0 Å². The van der Waals surface area contributed by atoms with Gasteiger partial charge in [0.2, 0.25) is 0 Å². The molecule has 0 bridgehead atoms. The zero-order valence-corrected chi connectivity index (χ0v) is 12.9. The van der Waals surface area contributed by atoms with Crippen LogP contribution in [-0.4, -0.2) is 11.6 Å². The van der Waals surface area contributed by atoms with Crippen LogP contribution in [-0.2, 0) is 0 Å². The Bertz CT molecular complexity index is 590. The van der Waals surface area contributed by atoms with Gasteiger partial charge in [0.25, 0.3) is 0 Å². The summed E-state index contributed by atoms with van der Waals surface area (Å²) in [4.78, 5) is 4.30. The van der Waals surface area contributed by atoms with Crippen LogP contribution in [0.4, 0.5) is 5.82 Å². The average Bonchev–Trinajstić information content (AvgIpc) is 2.41. The van der Waals surface area contributed by atoms with E-state index in [1.54, 1.807) is 12.3 Å². The van der Waals surface area contributed by atoms with Crippen LogP contribution in [0.5, 0.6) is 5.75 Å². The number of aromatic nitrogens is 1. The standard InChI is InChI=1S/C15H16Cl2N2O/c1-3-20-14-5-4-8-18-15(14)19-10(2)12-7-6-11(16)9-13(12)17/h4-10H,3H2,1-2H3,(H,18,19). The molecule has 0 spiro atoms. The first-order valence-electron chi connectivity index (χ1n) is 6.41. The van der Waals surface area contributed by atoms with Crippen LogP contribution in [0, 0.1) is 0 Å². The number of hydrogen-bond acceptors (Lipinski definition) is 3. The van der Waals surface area contributed by atoms with Gasteiger partial charge in [0.05, 0.1) is 12.6 Å². The lowest BCUT2D eigenvalue weighted by Gasteiger charge is -2.18. The maximum Gasteiger partial charge on any atom is 0.169 e. The van der Waals surface area contributed by atoms with Gasteiger partial charge in [-0.15, -0.1) is 0 Å². The molecule has 3 nitrogen and oxygen atoms in total. The highest BCUT2D eigenvalue weighted by Crippen LogP contribution is 2.30. The molecule has 0 aliphatic rings. The Labute approximate surface area is 128 Å². The SMILES string of the molecule is CCOc1cccnc1NC(C)c1ccc(Cl)cc1Cl. The molecule has 0 aliphatic carbocycles. The number of halogens is 2. The summed E-state index contributed by atoms with van der Waals surface area (Å²) in [5.74, 6) is 1.43. The van der Waals surface area contributed by atoms with Crippen molar-refractivity contribution < 1.29 is 4.74 Å². The Hall–Kier alpha value is -1.45. The van der Waals surface area contributed by atoms with Gasteiger partial charge in [0.1, 0.15) is 0 Å². The Morgan fingerprint density at radius 1 is 1.30 bits per heavy atom. The van der Waals surface area contributed by atoms with E-state index in [0.717, 1.165) is 11.3 Å². The maximum atomic E-state index is 6.22. The van der Waals surface area contributed by atoms with E-state index < -0.39 is 0 Å². The first-order chi connectivity index (χ1) is 9.61. The number of benzene rings is 1. The second-order valence-electron chi connectivity index (χ2n) is 4.32. The summed E-state index contributed by atoms with van der Waals surface area (Å²) in [6, 6.07) is 9.19. The fourth-order valence-corrected chi connectivity index (χ4v) is 2.48. The second kappa shape index (κ2) is 6.82. The Morgan fingerprint density at radius 2 is 2.10 bits per heavy atom. The summed E-state index contributed by atoms with van der Waals surface area (Å²) in [5.41, 5.74) is 0.962. The number of ether oxygens (including phenoxy) is 1. The molecule has 5 heteroatoms. The van der Waals surface area contributed by atoms with Crippen LogP contribution in [0.25, 0.3) is 0 Å². The van der Waals surface area contributed by atoms with Crippen LogP contribution in [0.1, 0.15) is 25.5 Å². The fourth-order valence-electron chi connectivity index (χ4n) is 1.91. The number of anilines is 1. The molecule has 2 aromatic rings. The predicted octanol–water partition coefficient (Wildman–Crippen LogP) is 4.96. The quantitative estimate of drug-likeness (QED) is 0.847. The highest BCUT2D eigenvalue weighted by atomic mass is 35.5. The van der Waals surface area contributed by atoms with Crippen molar-refractivity contribution in [3.8, 4) is 5.75 Å². The van der Waals surface area contributed by atoms with E-state index in [9.17, 15) is 0 Å². The first kappa shape index (κ1) is 14.9. The minimum Gasteiger partial charge on any atom is -0.490 e. The molecule has 0 saturated heterocycles. The molecule has 0 amide bonds. The van der Waals surface area contributed by atoms with Crippen LogP contribution >= 0.6 is 23.2 Å². The van der Waals surface area contributed by atoms with Gasteiger partial charge in [0, 0.05) is 16.2 Å². The fraction of sp³-hybridized carbons (Fsp3) is 0.267. The van der Waals surface area contributed by atoms with Crippen LogP contribution in [0.2, 0.25) is 10.0 Å². The number of hydrogen-bond donors (Lipinski definition) is 1. The highest BCUT2D eigenvalue weighted by Gasteiger charge is 2.13. The van der Waals surface area contributed by atoms with Crippen LogP contribution in [0.15, 0.2) is 36.5 Å². The lowest BCUT2D eigenvalue weighted by atomic mass is 10.1. The van der Waals surface area contributed by atoms with Gasteiger partial charge >= 0.3 is 0 Å². The summed E-state index contributed by atoms with van der Waals surface area (Å²) in [7, 11) is 0. The van der Waals surface area contributed by atoms with Crippen molar-refractivity contribution in [2.75, 3.05) is 11.9 Å². The molecule has 0 radical (unpaired) electrons. The van der Waals surface area contributed by atoms with Gasteiger partial charge in [-0.25, -0.2) is 4.98 Å². The van der Waals surface area contributed by atoms with Crippen LogP contribution < -0.4 is 10.1 Å². The van der Waals surface area contributed by atoms with E-state index in [2.05, 4.69) is 10.3 Å².